The zero-order valence-corrected chi connectivity index (χ0v) is 29.3. The molecule has 4 aliphatic rings. The Labute approximate surface area is 286 Å². The van der Waals surface area contributed by atoms with Gasteiger partial charge >= 0.3 is 0 Å². The molecule has 3 aliphatic heterocycles. The van der Waals surface area contributed by atoms with Gasteiger partial charge in [-0.25, -0.2) is 13.8 Å². The summed E-state index contributed by atoms with van der Waals surface area (Å²) in [4.78, 5) is 23.4. The van der Waals surface area contributed by atoms with E-state index in [-0.39, 0.29) is 24.0 Å². The lowest BCUT2D eigenvalue weighted by molar-refractivity contribution is -0.151. The summed E-state index contributed by atoms with van der Waals surface area (Å²) in [5.74, 6) is -1.05. The molecule has 1 aliphatic carbocycles. The van der Waals surface area contributed by atoms with E-state index in [1.165, 1.54) is 12.1 Å². The summed E-state index contributed by atoms with van der Waals surface area (Å²) in [5, 5.41) is 5.02. The van der Waals surface area contributed by atoms with Crippen LogP contribution >= 0.6 is 11.6 Å². The maximum absolute atomic E-state index is 15.3. The Morgan fingerprint density at radius 2 is 1.79 bits per heavy atom. The molecule has 0 radical (unpaired) electrons. The molecule has 1 amide bonds. The summed E-state index contributed by atoms with van der Waals surface area (Å²) in [6.45, 7) is 8.75. The molecule has 3 aromatic rings. The zero-order chi connectivity index (χ0) is 34.0. The van der Waals surface area contributed by atoms with E-state index in [0.29, 0.717) is 55.4 Å². The van der Waals surface area contributed by atoms with Crippen molar-refractivity contribution in [2.75, 3.05) is 33.4 Å². The number of carbonyl (C=O) groups excluding carboxylic acids is 1. The van der Waals surface area contributed by atoms with Gasteiger partial charge in [-0.05, 0) is 107 Å². The van der Waals surface area contributed by atoms with Gasteiger partial charge in [0, 0.05) is 62.4 Å². The molecule has 7 rings (SSSR count). The topological polar surface area (TPSA) is 72.7 Å². The minimum absolute atomic E-state index is 0.0394. The number of hydrogen-bond donors (Lipinski definition) is 0. The number of likely N-dealkylation sites (tertiary alicyclic amines) is 1. The van der Waals surface area contributed by atoms with Crippen LogP contribution in [0.25, 0.3) is 0 Å². The highest BCUT2D eigenvalue weighted by atomic mass is 35.5. The van der Waals surface area contributed by atoms with Crippen molar-refractivity contribution in [2.45, 2.75) is 94.4 Å². The number of ether oxygens (including phenoxy) is 2. The molecular formula is C37H46ClF2N5O3. The molecule has 1 spiro atoms. The molecule has 0 bridgehead atoms. The fourth-order valence-corrected chi connectivity index (χ4v) is 9.23. The Morgan fingerprint density at radius 1 is 1.06 bits per heavy atom. The van der Waals surface area contributed by atoms with Crippen molar-refractivity contribution in [2.24, 2.45) is 13.0 Å². The molecule has 258 valence electrons. The molecule has 4 atom stereocenters. The molecule has 1 saturated carbocycles. The van der Waals surface area contributed by atoms with Gasteiger partial charge in [0.05, 0.1) is 17.1 Å². The fraction of sp³-hybridized carbons (Fsp3) is 0.595. The van der Waals surface area contributed by atoms with E-state index in [0.717, 1.165) is 54.6 Å². The molecule has 48 heavy (non-hydrogen) atoms. The van der Waals surface area contributed by atoms with Gasteiger partial charge < -0.3 is 19.3 Å². The number of halogens is 3. The number of hydrogen-bond acceptors (Lipinski definition) is 6. The number of piperidine rings is 1. The third-order valence-corrected chi connectivity index (χ3v) is 12.2. The van der Waals surface area contributed by atoms with Crippen molar-refractivity contribution >= 4 is 17.5 Å². The predicted octanol–water partition coefficient (Wildman–Crippen LogP) is 6.60. The number of benzene rings is 2. The second-order valence-electron chi connectivity index (χ2n) is 14.9. The van der Waals surface area contributed by atoms with Crippen molar-refractivity contribution in [1.82, 2.24) is 24.6 Å². The smallest absolute Gasteiger partial charge is 0.226 e. The Morgan fingerprint density at radius 3 is 2.46 bits per heavy atom. The number of aromatic nitrogens is 3. The fourth-order valence-electron chi connectivity index (χ4n) is 9.06. The van der Waals surface area contributed by atoms with Crippen LogP contribution in [0.1, 0.15) is 92.5 Å². The van der Waals surface area contributed by atoms with Gasteiger partial charge in [0.15, 0.2) is 0 Å². The average Bonchev–Trinajstić information content (AvgIpc) is 3.79. The summed E-state index contributed by atoms with van der Waals surface area (Å²) in [5.41, 5.74) is 2.51. The highest BCUT2D eigenvalue weighted by Gasteiger charge is 2.54. The van der Waals surface area contributed by atoms with E-state index in [1.807, 2.05) is 18.9 Å². The second kappa shape index (κ2) is 12.8. The number of nitrogens with zero attached hydrogens (tertiary/aromatic N) is 5. The molecule has 11 heteroatoms. The Balaban J connectivity index is 1.14. The van der Waals surface area contributed by atoms with Gasteiger partial charge in [-0.2, -0.15) is 5.10 Å². The van der Waals surface area contributed by atoms with Crippen LogP contribution in [-0.4, -0.2) is 75.9 Å². The van der Waals surface area contributed by atoms with Crippen LogP contribution < -0.4 is 0 Å². The van der Waals surface area contributed by atoms with Gasteiger partial charge in [0.1, 0.15) is 23.8 Å². The van der Waals surface area contributed by atoms with E-state index in [4.69, 9.17) is 21.1 Å². The van der Waals surface area contributed by atoms with Crippen LogP contribution in [0.5, 0.6) is 0 Å². The number of carbonyl (C=O) groups is 1. The first-order chi connectivity index (χ1) is 22.9. The van der Waals surface area contributed by atoms with Crippen molar-refractivity contribution in [3.05, 3.63) is 81.4 Å². The standard InChI is InChI=1S/C37H46ClF2N5O3/c1-22-16-29-30(20-31(22)38)37(48-33(29)36(2,3)35-41-21-42-44(35)5)10-12-45(13-11-37)34(46)28-19-25(43(4)24-8-14-47-15-9-24)18-27(28)26-7-6-23(39)17-32(26)40/h6-7,16-17,20-21,24-25,27-28,33H,8-15,18-19H2,1-5H3/t25-,27+,28-,33+/m1/s1. The predicted molar refractivity (Wildman–Crippen MR) is 179 cm³/mol. The molecule has 2 aromatic carbocycles. The van der Waals surface area contributed by atoms with Gasteiger partial charge in [0.25, 0.3) is 0 Å². The van der Waals surface area contributed by atoms with Crippen molar-refractivity contribution < 1.29 is 23.0 Å². The molecule has 8 nitrogen and oxygen atoms in total. The summed E-state index contributed by atoms with van der Waals surface area (Å²) in [7, 11) is 4.02. The SMILES string of the molecule is Cc1cc2c(cc1Cl)C1(CCN(C(=O)[C@@H]3C[C@H](N(C)C4CCOCC4)C[C@H]3c3ccc(F)cc3F)CC1)O[C@@H]2C(C)(C)c1ncnn1C. The van der Waals surface area contributed by atoms with Crippen LogP contribution in [0, 0.1) is 24.5 Å². The lowest BCUT2D eigenvalue weighted by Crippen LogP contribution is -2.48. The first-order valence-electron chi connectivity index (χ1n) is 17.3. The average molecular weight is 682 g/mol. The highest BCUT2D eigenvalue weighted by molar-refractivity contribution is 6.31. The number of fused-ring (bicyclic) bond motifs is 2. The third kappa shape index (κ3) is 5.76. The maximum Gasteiger partial charge on any atom is 0.226 e. The van der Waals surface area contributed by atoms with E-state index in [2.05, 4.69) is 48.0 Å². The monoisotopic (exact) mass is 681 g/mol. The van der Waals surface area contributed by atoms with Gasteiger partial charge in [-0.3, -0.25) is 9.48 Å². The molecule has 0 N–H and O–H groups in total. The summed E-state index contributed by atoms with van der Waals surface area (Å²) < 4.78 is 43.8. The summed E-state index contributed by atoms with van der Waals surface area (Å²) in [6, 6.07) is 8.45. The maximum atomic E-state index is 15.3. The van der Waals surface area contributed by atoms with Gasteiger partial charge in [0.2, 0.25) is 5.91 Å². The van der Waals surface area contributed by atoms with Crippen LogP contribution in [0.2, 0.25) is 5.02 Å². The first kappa shape index (κ1) is 33.6. The minimum Gasteiger partial charge on any atom is -0.381 e. The Hall–Kier alpha value is -2.92. The van der Waals surface area contributed by atoms with E-state index >= 15 is 4.39 Å². The minimum atomic E-state index is -0.609. The second-order valence-corrected chi connectivity index (χ2v) is 15.4. The Bertz CT molecular complexity index is 1680. The van der Waals surface area contributed by atoms with Crippen LogP contribution in [0.4, 0.5) is 8.78 Å². The molecule has 1 aromatic heterocycles. The molecule has 4 heterocycles. The number of amides is 1. The van der Waals surface area contributed by atoms with Gasteiger partial charge in [-0.15, -0.1) is 0 Å². The quantitative estimate of drug-likeness (QED) is 0.292. The molecule has 2 saturated heterocycles. The van der Waals surface area contributed by atoms with E-state index in [9.17, 15) is 9.18 Å². The van der Waals surface area contributed by atoms with E-state index < -0.39 is 28.6 Å². The summed E-state index contributed by atoms with van der Waals surface area (Å²) >= 11 is 6.73. The molecule has 3 fully saturated rings. The van der Waals surface area contributed by atoms with Crippen molar-refractivity contribution in [1.29, 1.82) is 0 Å². The number of rotatable bonds is 6. The lowest BCUT2D eigenvalue weighted by Gasteiger charge is -2.42. The third-order valence-electron chi connectivity index (χ3n) is 11.8. The Kier molecular flexibility index (Phi) is 8.92. The largest absolute Gasteiger partial charge is 0.381 e. The highest BCUT2D eigenvalue weighted by Crippen LogP contribution is 2.56. The number of aryl methyl sites for hydroxylation is 2. The van der Waals surface area contributed by atoms with Crippen LogP contribution in [0.3, 0.4) is 0 Å². The molecular weight excluding hydrogens is 636 g/mol. The molecule has 0 unspecified atom stereocenters. The van der Waals surface area contributed by atoms with E-state index in [1.54, 1.807) is 11.0 Å². The van der Waals surface area contributed by atoms with Crippen LogP contribution in [0.15, 0.2) is 36.7 Å². The van der Waals surface area contributed by atoms with Crippen molar-refractivity contribution in [3.63, 3.8) is 0 Å². The summed E-state index contributed by atoms with van der Waals surface area (Å²) in [6.07, 6.45) is 5.68. The first-order valence-corrected chi connectivity index (χ1v) is 17.6. The van der Waals surface area contributed by atoms with Crippen LogP contribution in [-0.2, 0) is 32.3 Å². The van der Waals surface area contributed by atoms with Gasteiger partial charge in [-0.1, -0.05) is 23.7 Å². The van der Waals surface area contributed by atoms with Crippen molar-refractivity contribution in [3.8, 4) is 0 Å². The zero-order valence-electron chi connectivity index (χ0n) is 28.5. The normalized spacial score (nSPS) is 26.1. The lowest BCUT2D eigenvalue weighted by atomic mass is 9.78.